The summed E-state index contributed by atoms with van der Waals surface area (Å²) < 4.78 is 26.9. The smallest absolute Gasteiger partial charge is 0.331 e. The van der Waals surface area contributed by atoms with Gasteiger partial charge in [0, 0.05) is 27.6 Å². The lowest BCUT2D eigenvalue weighted by Gasteiger charge is -2.15. The molecule has 28 heavy (non-hydrogen) atoms. The van der Waals surface area contributed by atoms with Crippen molar-refractivity contribution < 1.29 is 23.5 Å². The molecule has 1 atom stereocenters. The highest BCUT2D eigenvalue weighted by Gasteiger charge is 2.25. The van der Waals surface area contributed by atoms with Gasteiger partial charge in [-0.25, -0.2) is 18.6 Å². The Morgan fingerprint density at radius 1 is 1.21 bits per heavy atom. The molecule has 0 spiro atoms. The highest BCUT2D eigenvalue weighted by molar-refractivity contribution is 7.13. The molecule has 3 aromatic rings. The van der Waals surface area contributed by atoms with Crippen molar-refractivity contribution in [2.45, 2.75) is 12.5 Å². The van der Waals surface area contributed by atoms with E-state index in [1.54, 1.807) is 23.6 Å². The summed E-state index contributed by atoms with van der Waals surface area (Å²) in [5, 5.41) is 14.4. The summed E-state index contributed by atoms with van der Waals surface area (Å²) in [5.41, 5.74) is 0.891. The second kappa shape index (κ2) is 8.45. The van der Waals surface area contributed by atoms with Gasteiger partial charge in [0.1, 0.15) is 16.6 Å². The number of halogens is 3. The van der Waals surface area contributed by atoms with Crippen molar-refractivity contribution in [3.05, 3.63) is 75.8 Å². The van der Waals surface area contributed by atoms with Crippen LogP contribution in [0.25, 0.3) is 10.6 Å². The first-order chi connectivity index (χ1) is 13.3. The number of nitrogens with zero attached hydrogens (tertiary/aromatic N) is 1. The molecule has 1 aromatic heterocycles. The van der Waals surface area contributed by atoms with Gasteiger partial charge in [-0.3, -0.25) is 4.79 Å². The molecule has 0 saturated heterocycles. The number of rotatable bonds is 6. The minimum atomic E-state index is -1.64. The first-order valence-corrected chi connectivity index (χ1v) is 9.26. The highest BCUT2D eigenvalue weighted by atomic mass is 35.5. The van der Waals surface area contributed by atoms with Crippen LogP contribution in [0.3, 0.4) is 0 Å². The summed E-state index contributed by atoms with van der Waals surface area (Å²) in [6.45, 7) is 0. The van der Waals surface area contributed by atoms with Gasteiger partial charge < -0.3 is 10.4 Å². The Morgan fingerprint density at radius 2 is 2.00 bits per heavy atom. The number of carboxylic acids is 1. The van der Waals surface area contributed by atoms with Gasteiger partial charge in [-0.1, -0.05) is 29.8 Å². The zero-order chi connectivity index (χ0) is 20.3. The average Bonchev–Trinajstić information content (AvgIpc) is 3.08. The third-order valence-corrected chi connectivity index (χ3v) is 4.97. The van der Waals surface area contributed by atoms with Crippen LogP contribution in [0.2, 0.25) is 5.02 Å². The fourth-order valence-electron chi connectivity index (χ4n) is 2.53. The lowest BCUT2D eigenvalue weighted by molar-refractivity contribution is -0.142. The maximum Gasteiger partial charge on any atom is 0.331 e. The second-order valence-corrected chi connectivity index (χ2v) is 7.13. The third-order valence-electron chi connectivity index (χ3n) is 3.79. The largest absolute Gasteiger partial charge is 0.479 e. The third kappa shape index (κ3) is 4.71. The molecule has 2 aromatic carbocycles. The Morgan fingerprint density at radius 3 is 2.68 bits per heavy atom. The number of carboxylic acid groups (broad SMARTS) is 1. The maximum atomic E-state index is 13.9. The van der Waals surface area contributed by atoms with Crippen LogP contribution in [0, 0.1) is 11.6 Å². The number of hydrogen-bond donors (Lipinski definition) is 2. The molecule has 0 bridgehead atoms. The molecule has 0 fully saturated rings. The molecule has 1 amide bonds. The van der Waals surface area contributed by atoms with Crippen LogP contribution in [-0.4, -0.2) is 22.0 Å². The molecule has 0 saturated carbocycles. The zero-order valence-electron chi connectivity index (χ0n) is 14.2. The summed E-state index contributed by atoms with van der Waals surface area (Å²) in [6.07, 6.45) is -0.191. The molecule has 0 radical (unpaired) electrons. The number of carbonyl (C=O) groups excluding carboxylic acids is 1. The fourth-order valence-corrected chi connectivity index (χ4v) is 3.53. The van der Waals surface area contributed by atoms with E-state index in [2.05, 4.69) is 10.3 Å². The van der Waals surface area contributed by atoms with Crippen LogP contribution in [-0.2, 0) is 16.0 Å². The van der Waals surface area contributed by atoms with Crippen LogP contribution >= 0.6 is 22.9 Å². The molecule has 144 valence electrons. The average molecular weight is 423 g/mol. The predicted molar refractivity (Wildman–Crippen MR) is 101 cm³/mol. The Balaban J connectivity index is 1.73. The van der Waals surface area contributed by atoms with Crippen LogP contribution in [0.1, 0.15) is 17.3 Å². The quantitative estimate of drug-likeness (QED) is 0.623. The fraction of sp³-hybridized carbons (Fsp3) is 0.105. The number of thiazole rings is 1. The van der Waals surface area contributed by atoms with Crippen molar-refractivity contribution in [1.29, 1.82) is 0 Å². The highest BCUT2D eigenvalue weighted by Crippen LogP contribution is 2.26. The Kier molecular flexibility index (Phi) is 6.01. The van der Waals surface area contributed by atoms with E-state index in [0.29, 0.717) is 21.8 Å². The number of amides is 1. The van der Waals surface area contributed by atoms with Gasteiger partial charge in [0.15, 0.2) is 6.04 Å². The second-order valence-electron chi connectivity index (χ2n) is 5.84. The summed E-state index contributed by atoms with van der Waals surface area (Å²) in [4.78, 5) is 28.0. The van der Waals surface area contributed by atoms with E-state index in [4.69, 9.17) is 11.6 Å². The van der Waals surface area contributed by atoms with Crippen LogP contribution in [0.4, 0.5) is 8.78 Å². The Bertz CT molecular complexity index is 1040. The number of aromatic nitrogens is 1. The normalized spacial score (nSPS) is 11.8. The van der Waals surface area contributed by atoms with Gasteiger partial charge >= 0.3 is 5.97 Å². The Labute approximate surface area is 167 Å². The van der Waals surface area contributed by atoms with Crippen molar-refractivity contribution in [2.24, 2.45) is 0 Å². The molecule has 0 aliphatic rings. The molecule has 0 aliphatic heterocycles. The van der Waals surface area contributed by atoms with Gasteiger partial charge in [0.25, 0.3) is 0 Å². The van der Waals surface area contributed by atoms with Crippen LogP contribution < -0.4 is 5.32 Å². The molecule has 9 heteroatoms. The Hall–Kier alpha value is -2.84. The minimum absolute atomic E-state index is 0.191. The maximum absolute atomic E-state index is 13.9. The van der Waals surface area contributed by atoms with Gasteiger partial charge in [0.05, 0.1) is 12.1 Å². The summed E-state index contributed by atoms with van der Waals surface area (Å²) >= 11 is 7.27. The molecule has 2 N–H and O–H groups in total. The van der Waals surface area contributed by atoms with Gasteiger partial charge in [0.2, 0.25) is 5.91 Å². The topological polar surface area (TPSA) is 79.3 Å². The van der Waals surface area contributed by atoms with Crippen molar-refractivity contribution in [3.63, 3.8) is 0 Å². The van der Waals surface area contributed by atoms with E-state index >= 15 is 0 Å². The molecule has 0 aliphatic carbocycles. The monoisotopic (exact) mass is 422 g/mol. The SMILES string of the molecule is O=C(Cc1csc(-c2cccc(Cl)c2)n1)NC(C(=O)O)c1ccc(F)cc1F. The van der Waals surface area contributed by atoms with E-state index in [1.807, 2.05) is 6.07 Å². The lowest BCUT2D eigenvalue weighted by Crippen LogP contribution is -2.35. The summed E-state index contributed by atoms with van der Waals surface area (Å²) in [6, 6.07) is 7.92. The van der Waals surface area contributed by atoms with Gasteiger partial charge in [-0.2, -0.15) is 0 Å². The van der Waals surface area contributed by atoms with Crippen molar-refractivity contribution in [3.8, 4) is 10.6 Å². The molecule has 1 unspecified atom stereocenters. The minimum Gasteiger partial charge on any atom is -0.479 e. The van der Waals surface area contributed by atoms with E-state index in [-0.39, 0.29) is 12.0 Å². The molecule has 5 nitrogen and oxygen atoms in total. The first-order valence-electron chi connectivity index (χ1n) is 8.01. The van der Waals surface area contributed by atoms with Crippen molar-refractivity contribution in [2.75, 3.05) is 0 Å². The van der Waals surface area contributed by atoms with E-state index in [0.717, 1.165) is 17.7 Å². The predicted octanol–water partition coefficient (Wildman–Crippen LogP) is 4.23. The number of aliphatic carboxylic acids is 1. The summed E-state index contributed by atoms with van der Waals surface area (Å²) in [5.74, 6) is -4.01. The number of benzene rings is 2. The van der Waals surface area contributed by atoms with Gasteiger partial charge in [-0.15, -0.1) is 11.3 Å². The van der Waals surface area contributed by atoms with Crippen LogP contribution in [0.5, 0.6) is 0 Å². The van der Waals surface area contributed by atoms with Crippen molar-refractivity contribution in [1.82, 2.24) is 10.3 Å². The van der Waals surface area contributed by atoms with E-state index in [9.17, 15) is 23.5 Å². The molecular formula is C19H13ClF2N2O3S. The zero-order valence-corrected chi connectivity index (χ0v) is 15.7. The lowest BCUT2D eigenvalue weighted by atomic mass is 10.1. The number of hydrogen-bond acceptors (Lipinski definition) is 4. The van der Waals surface area contributed by atoms with E-state index < -0.39 is 29.6 Å². The molecular weight excluding hydrogens is 410 g/mol. The van der Waals surface area contributed by atoms with Gasteiger partial charge in [-0.05, 0) is 18.2 Å². The summed E-state index contributed by atoms with van der Waals surface area (Å²) in [7, 11) is 0. The first kappa shape index (κ1) is 19.9. The number of nitrogens with one attached hydrogen (secondary N) is 1. The van der Waals surface area contributed by atoms with Crippen molar-refractivity contribution >= 4 is 34.8 Å². The molecule has 1 heterocycles. The standard InChI is InChI=1S/C19H13ClF2N2O3S/c20-11-3-1-2-10(6-11)18-23-13(9-28-18)8-16(25)24-17(19(26)27)14-5-4-12(21)7-15(14)22/h1-7,9,17H,8H2,(H,24,25)(H,26,27). The number of carbonyl (C=O) groups is 2. The van der Waals surface area contributed by atoms with E-state index in [1.165, 1.54) is 11.3 Å². The van der Waals surface area contributed by atoms with Crippen LogP contribution in [0.15, 0.2) is 47.8 Å². The molecule has 3 rings (SSSR count).